The highest BCUT2D eigenvalue weighted by Gasteiger charge is 2.16. The van der Waals surface area contributed by atoms with Crippen molar-refractivity contribution in [3.8, 4) is 11.3 Å². The molecule has 0 aliphatic carbocycles. The van der Waals surface area contributed by atoms with Crippen molar-refractivity contribution in [1.29, 1.82) is 0 Å². The highest BCUT2D eigenvalue weighted by atomic mass is 32.2. The van der Waals surface area contributed by atoms with Crippen LogP contribution in [-0.4, -0.2) is 23.8 Å². The third kappa shape index (κ3) is 3.19. The molecule has 1 N–H and O–H groups in total. The largest absolute Gasteiger partial charge is 0.314 e. The van der Waals surface area contributed by atoms with Gasteiger partial charge in [-0.25, -0.2) is 4.98 Å². The Morgan fingerprint density at radius 2 is 2.21 bits per heavy atom. The highest BCUT2D eigenvalue weighted by molar-refractivity contribution is 7.98. The lowest BCUT2D eigenvalue weighted by molar-refractivity contribution is 0.601. The smallest absolute Gasteiger partial charge is 0.0948 e. The van der Waals surface area contributed by atoms with Gasteiger partial charge in [0.2, 0.25) is 0 Å². The highest BCUT2D eigenvalue weighted by Crippen LogP contribution is 2.25. The van der Waals surface area contributed by atoms with Crippen LogP contribution in [0.1, 0.15) is 17.8 Å². The zero-order chi connectivity index (χ0) is 13.1. The average molecular weight is 290 g/mol. The van der Waals surface area contributed by atoms with E-state index in [4.69, 9.17) is 4.98 Å². The van der Waals surface area contributed by atoms with Crippen LogP contribution in [0.25, 0.3) is 11.3 Å². The maximum absolute atomic E-state index is 4.77. The van der Waals surface area contributed by atoms with Crippen LogP contribution in [0.4, 0.5) is 0 Å². The molecule has 2 aromatic rings. The van der Waals surface area contributed by atoms with Gasteiger partial charge in [-0.1, -0.05) is 12.1 Å². The maximum atomic E-state index is 4.77. The molecule has 1 aromatic carbocycles. The molecular weight excluding hydrogens is 272 g/mol. The van der Waals surface area contributed by atoms with Crippen LogP contribution in [-0.2, 0) is 6.42 Å². The zero-order valence-electron chi connectivity index (χ0n) is 11.1. The molecule has 1 aromatic heterocycles. The normalized spacial score (nSPS) is 18.9. The van der Waals surface area contributed by atoms with Crippen LogP contribution in [0.3, 0.4) is 0 Å². The molecule has 1 fully saturated rings. The van der Waals surface area contributed by atoms with Gasteiger partial charge in [0.1, 0.15) is 0 Å². The fraction of sp³-hybridized carbons (Fsp3) is 0.400. The Bertz CT molecular complexity index is 527. The van der Waals surface area contributed by atoms with E-state index in [0.29, 0.717) is 6.04 Å². The van der Waals surface area contributed by atoms with E-state index in [1.807, 2.05) is 0 Å². The monoisotopic (exact) mass is 290 g/mol. The van der Waals surface area contributed by atoms with Gasteiger partial charge in [0.05, 0.1) is 10.7 Å². The van der Waals surface area contributed by atoms with Crippen molar-refractivity contribution in [3.63, 3.8) is 0 Å². The molecule has 19 heavy (non-hydrogen) atoms. The fourth-order valence-corrected chi connectivity index (χ4v) is 3.73. The summed E-state index contributed by atoms with van der Waals surface area (Å²) in [6.07, 6.45) is 5.77. The lowest BCUT2D eigenvalue weighted by Crippen LogP contribution is -2.23. The van der Waals surface area contributed by atoms with Crippen molar-refractivity contribution in [2.45, 2.75) is 30.2 Å². The second-order valence-electron chi connectivity index (χ2n) is 4.85. The summed E-state index contributed by atoms with van der Waals surface area (Å²) in [5.74, 6) is 0. The van der Waals surface area contributed by atoms with Gasteiger partial charge < -0.3 is 5.32 Å². The Hall–Kier alpha value is -0.840. The van der Waals surface area contributed by atoms with E-state index in [-0.39, 0.29) is 0 Å². The molecule has 4 heteroatoms. The molecule has 1 saturated heterocycles. The minimum atomic E-state index is 0.637. The Morgan fingerprint density at radius 1 is 1.37 bits per heavy atom. The van der Waals surface area contributed by atoms with Gasteiger partial charge in [-0.3, -0.25) is 0 Å². The van der Waals surface area contributed by atoms with Gasteiger partial charge in [-0.2, -0.15) is 0 Å². The van der Waals surface area contributed by atoms with Crippen molar-refractivity contribution in [1.82, 2.24) is 10.3 Å². The minimum Gasteiger partial charge on any atom is -0.314 e. The molecule has 1 unspecified atom stereocenters. The summed E-state index contributed by atoms with van der Waals surface area (Å²) in [7, 11) is 0. The molecule has 2 nitrogen and oxygen atoms in total. The summed E-state index contributed by atoms with van der Waals surface area (Å²) >= 11 is 3.56. The summed E-state index contributed by atoms with van der Waals surface area (Å²) in [5.41, 5.74) is 2.34. The van der Waals surface area contributed by atoms with E-state index >= 15 is 0 Å². The van der Waals surface area contributed by atoms with Crippen molar-refractivity contribution >= 4 is 23.1 Å². The van der Waals surface area contributed by atoms with E-state index in [1.54, 1.807) is 23.1 Å². The number of hydrogen-bond donors (Lipinski definition) is 1. The first kappa shape index (κ1) is 13.2. The van der Waals surface area contributed by atoms with E-state index < -0.39 is 0 Å². The lowest BCUT2D eigenvalue weighted by atomic mass is 10.1. The summed E-state index contributed by atoms with van der Waals surface area (Å²) in [5, 5.41) is 6.97. The van der Waals surface area contributed by atoms with Crippen LogP contribution >= 0.6 is 23.1 Å². The first-order chi connectivity index (χ1) is 9.35. The fourth-order valence-electron chi connectivity index (χ4n) is 2.44. The van der Waals surface area contributed by atoms with Crippen LogP contribution in [0, 0.1) is 0 Å². The van der Waals surface area contributed by atoms with Gasteiger partial charge in [-0.05, 0) is 37.8 Å². The second-order valence-corrected chi connectivity index (χ2v) is 6.67. The molecule has 3 rings (SSSR count). The van der Waals surface area contributed by atoms with Crippen LogP contribution in [0.5, 0.6) is 0 Å². The molecule has 1 aliphatic rings. The molecule has 1 atom stereocenters. The number of benzene rings is 1. The van der Waals surface area contributed by atoms with E-state index in [2.05, 4.69) is 41.2 Å². The van der Waals surface area contributed by atoms with Gasteiger partial charge >= 0.3 is 0 Å². The second kappa shape index (κ2) is 6.07. The summed E-state index contributed by atoms with van der Waals surface area (Å²) < 4.78 is 0. The van der Waals surface area contributed by atoms with Gasteiger partial charge in [0.25, 0.3) is 0 Å². The third-order valence-corrected chi connectivity index (χ3v) is 5.14. The molecule has 0 spiro atoms. The Morgan fingerprint density at radius 3 is 2.89 bits per heavy atom. The Balaban J connectivity index is 1.72. The van der Waals surface area contributed by atoms with Crippen molar-refractivity contribution in [3.05, 3.63) is 34.7 Å². The van der Waals surface area contributed by atoms with E-state index in [1.165, 1.54) is 34.9 Å². The number of rotatable bonds is 4. The van der Waals surface area contributed by atoms with Gasteiger partial charge in [-0.15, -0.1) is 23.1 Å². The zero-order valence-corrected chi connectivity index (χ0v) is 12.7. The molecule has 0 radical (unpaired) electrons. The van der Waals surface area contributed by atoms with Crippen LogP contribution < -0.4 is 5.32 Å². The summed E-state index contributed by atoms with van der Waals surface area (Å²) in [6, 6.07) is 9.30. The standard InChI is InChI=1S/C15H18N2S2/c1-18-13-6-4-11(5-7-13)14-10-19-15(17-14)9-12-3-2-8-16-12/h4-7,10,12,16H,2-3,8-9H2,1H3. The molecule has 0 amide bonds. The number of hydrogen-bond acceptors (Lipinski definition) is 4. The number of thiazole rings is 1. The first-order valence-electron chi connectivity index (χ1n) is 6.67. The summed E-state index contributed by atoms with van der Waals surface area (Å²) in [6.45, 7) is 1.17. The average Bonchev–Trinajstić information content (AvgIpc) is 3.11. The lowest BCUT2D eigenvalue weighted by Gasteiger charge is -2.06. The van der Waals surface area contributed by atoms with E-state index in [9.17, 15) is 0 Å². The number of aromatic nitrogens is 1. The van der Waals surface area contributed by atoms with Gasteiger partial charge in [0.15, 0.2) is 0 Å². The predicted molar refractivity (Wildman–Crippen MR) is 84.1 cm³/mol. The molecule has 2 heterocycles. The number of nitrogens with zero attached hydrogens (tertiary/aromatic N) is 1. The number of nitrogens with one attached hydrogen (secondary N) is 1. The maximum Gasteiger partial charge on any atom is 0.0948 e. The molecule has 0 bridgehead atoms. The molecule has 1 aliphatic heterocycles. The van der Waals surface area contributed by atoms with Crippen molar-refractivity contribution in [2.24, 2.45) is 0 Å². The quantitative estimate of drug-likeness (QED) is 0.866. The third-order valence-electron chi connectivity index (χ3n) is 3.52. The SMILES string of the molecule is CSc1ccc(-c2csc(CC3CCCN3)n2)cc1. The first-order valence-corrected chi connectivity index (χ1v) is 8.78. The van der Waals surface area contributed by atoms with Gasteiger partial charge in [0, 0.05) is 28.3 Å². The van der Waals surface area contributed by atoms with Crippen LogP contribution in [0.2, 0.25) is 0 Å². The van der Waals surface area contributed by atoms with Crippen LogP contribution in [0.15, 0.2) is 34.5 Å². The Labute approximate surface area is 122 Å². The minimum absolute atomic E-state index is 0.637. The topological polar surface area (TPSA) is 24.9 Å². The molecular formula is C15H18N2S2. The van der Waals surface area contributed by atoms with Crippen molar-refractivity contribution < 1.29 is 0 Å². The molecule has 100 valence electrons. The Kier molecular flexibility index (Phi) is 4.21. The number of thioether (sulfide) groups is 1. The summed E-state index contributed by atoms with van der Waals surface area (Å²) in [4.78, 5) is 6.07. The van der Waals surface area contributed by atoms with Crippen molar-refractivity contribution in [2.75, 3.05) is 12.8 Å². The molecule has 0 saturated carbocycles. The predicted octanol–water partition coefficient (Wildman–Crippen LogP) is 3.83. The van der Waals surface area contributed by atoms with E-state index in [0.717, 1.165) is 12.1 Å².